The first-order valence-electron chi connectivity index (χ1n) is 10.7. The number of H-pyrrole nitrogens is 1. The quantitative estimate of drug-likeness (QED) is 0.362. The van der Waals surface area contributed by atoms with Gasteiger partial charge in [-0.15, -0.1) is 0 Å². The maximum Gasteiger partial charge on any atom is 0.238 e. The Kier molecular flexibility index (Phi) is 5.22. The third-order valence-corrected chi connectivity index (χ3v) is 5.98. The first kappa shape index (κ1) is 19.5. The van der Waals surface area contributed by atoms with Crippen LogP contribution in [0.3, 0.4) is 0 Å². The van der Waals surface area contributed by atoms with Crippen LogP contribution in [0.25, 0.3) is 21.8 Å². The number of carbonyl (C=O) groups excluding carboxylic acids is 1. The lowest BCUT2D eigenvalue weighted by Gasteiger charge is -2.32. The maximum atomic E-state index is 12.6. The lowest BCUT2D eigenvalue weighted by molar-refractivity contribution is -0.117. The number of rotatable bonds is 5. The molecule has 31 heavy (non-hydrogen) atoms. The molecule has 1 aliphatic rings. The molecule has 1 saturated heterocycles. The van der Waals surface area contributed by atoms with E-state index in [0.29, 0.717) is 12.6 Å². The number of hydrogen-bond donors (Lipinski definition) is 4. The number of piperidine rings is 1. The van der Waals surface area contributed by atoms with Crippen LogP contribution in [-0.2, 0) is 4.79 Å². The highest BCUT2D eigenvalue weighted by Crippen LogP contribution is 2.27. The molecule has 0 spiro atoms. The highest BCUT2D eigenvalue weighted by molar-refractivity contribution is 6.09. The van der Waals surface area contributed by atoms with Gasteiger partial charge in [-0.1, -0.05) is 18.2 Å². The zero-order chi connectivity index (χ0) is 21.2. The molecule has 0 unspecified atom stereocenters. The van der Waals surface area contributed by atoms with Crippen molar-refractivity contribution in [1.82, 2.24) is 9.88 Å². The van der Waals surface area contributed by atoms with Gasteiger partial charge in [-0.25, -0.2) is 0 Å². The number of likely N-dealkylation sites (tertiary alicyclic amines) is 1. The fourth-order valence-corrected chi connectivity index (χ4v) is 4.36. The van der Waals surface area contributed by atoms with Crippen LogP contribution < -0.4 is 10.6 Å². The van der Waals surface area contributed by atoms with Gasteiger partial charge in [-0.2, -0.15) is 0 Å². The van der Waals surface area contributed by atoms with Crippen LogP contribution in [0.5, 0.6) is 5.75 Å². The van der Waals surface area contributed by atoms with E-state index in [9.17, 15) is 9.90 Å². The maximum absolute atomic E-state index is 12.6. The first-order valence-corrected chi connectivity index (χ1v) is 10.7. The molecule has 2 heterocycles. The number of nitrogens with zero attached hydrogens (tertiary/aromatic N) is 1. The largest absolute Gasteiger partial charge is 0.508 e. The van der Waals surface area contributed by atoms with Crippen molar-refractivity contribution in [3.05, 3.63) is 66.7 Å². The average molecular weight is 415 g/mol. The Morgan fingerprint density at radius 2 is 1.65 bits per heavy atom. The summed E-state index contributed by atoms with van der Waals surface area (Å²) in [6.07, 6.45) is 1.96. The summed E-state index contributed by atoms with van der Waals surface area (Å²) in [4.78, 5) is 18.2. The van der Waals surface area contributed by atoms with Gasteiger partial charge in [0.05, 0.1) is 6.54 Å². The van der Waals surface area contributed by atoms with Gasteiger partial charge in [0, 0.05) is 52.3 Å². The first-order chi connectivity index (χ1) is 15.1. The minimum Gasteiger partial charge on any atom is -0.508 e. The molecular formula is C25H26N4O2. The Morgan fingerprint density at radius 3 is 2.45 bits per heavy atom. The van der Waals surface area contributed by atoms with Crippen molar-refractivity contribution >= 4 is 39.1 Å². The molecule has 1 aromatic heterocycles. The third-order valence-electron chi connectivity index (χ3n) is 5.98. The van der Waals surface area contributed by atoms with Gasteiger partial charge in [-0.05, 0) is 61.4 Å². The van der Waals surface area contributed by atoms with Gasteiger partial charge < -0.3 is 20.7 Å². The normalized spacial score (nSPS) is 15.4. The Hall–Kier alpha value is -3.51. The minimum atomic E-state index is 0.0177. The third kappa shape index (κ3) is 4.34. The number of para-hydroxylation sites is 1. The molecule has 4 aromatic rings. The topological polar surface area (TPSA) is 80.4 Å². The number of aromatic amines is 1. The summed E-state index contributed by atoms with van der Waals surface area (Å²) in [5.74, 6) is 0.291. The van der Waals surface area contributed by atoms with E-state index in [2.05, 4.69) is 32.7 Å². The number of fused-ring (bicyclic) bond motifs is 3. The molecule has 1 aliphatic heterocycles. The smallest absolute Gasteiger partial charge is 0.238 e. The molecular weight excluding hydrogens is 388 g/mol. The Labute approximate surface area is 180 Å². The molecule has 0 bridgehead atoms. The molecule has 0 radical (unpaired) electrons. The SMILES string of the molecule is O=C(CN1CCC(Nc2ccc(O)cc2)CC1)Nc1ccc2[nH]c3ccccc3c2c1. The number of benzene rings is 3. The van der Waals surface area contributed by atoms with Crippen LogP contribution in [0.15, 0.2) is 66.7 Å². The lowest BCUT2D eigenvalue weighted by Crippen LogP contribution is -2.42. The summed E-state index contributed by atoms with van der Waals surface area (Å²) in [5.41, 5.74) is 4.01. The second-order valence-electron chi connectivity index (χ2n) is 8.22. The number of amides is 1. The number of anilines is 2. The van der Waals surface area contributed by atoms with Crippen molar-refractivity contribution < 1.29 is 9.90 Å². The number of aromatic nitrogens is 1. The zero-order valence-electron chi connectivity index (χ0n) is 17.3. The fraction of sp³-hybridized carbons (Fsp3) is 0.240. The van der Waals surface area contributed by atoms with Crippen LogP contribution >= 0.6 is 0 Å². The summed E-state index contributed by atoms with van der Waals surface area (Å²) < 4.78 is 0. The van der Waals surface area contributed by atoms with Crippen LogP contribution in [-0.4, -0.2) is 46.6 Å². The molecule has 158 valence electrons. The van der Waals surface area contributed by atoms with Crippen LogP contribution in [0.1, 0.15) is 12.8 Å². The van der Waals surface area contributed by atoms with Crippen molar-refractivity contribution in [1.29, 1.82) is 0 Å². The predicted molar refractivity (Wildman–Crippen MR) is 126 cm³/mol. The van der Waals surface area contributed by atoms with Gasteiger partial charge in [-0.3, -0.25) is 9.69 Å². The fourth-order valence-electron chi connectivity index (χ4n) is 4.36. The summed E-state index contributed by atoms with van der Waals surface area (Å²) in [6.45, 7) is 2.16. The predicted octanol–water partition coefficient (Wildman–Crippen LogP) is 4.54. The van der Waals surface area contributed by atoms with E-state index in [-0.39, 0.29) is 11.7 Å². The van der Waals surface area contributed by atoms with E-state index in [4.69, 9.17) is 0 Å². The van der Waals surface area contributed by atoms with Gasteiger partial charge >= 0.3 is 0 Å². The number of hydrogen-bond acceptors (Lipinski definition) is 4. The Morgan fingerprint density at radius 1 is 0.935 bits per heavy atom. The van der Waals surface area contributed by atoms with Crippen molar-refractivity contribution in [2.24, 2.45) is 0 Å². The monoisotopic (exact) mass is 414 g/mol. The highest BCUT2D eigenvalue weighted by atomic mass is 16.3. The number of nitrogens with one attached hydrogen (secondary N) is 3. The molecule has 5 rings (SSSR count). The molecule has 6 heteroatoms. The summed E-state index contributed by atoms with van der Waals surface area (Å²) in [6, 6.07) is 21.8. The van der Waals surface area contributed by atoms with E-state index >= 15 is 0 Å². The molecule has 6 nitrogen and oxygen atoms in total. The average Bonchev–Trinajstić information content (AvgIpc) is 3.15. The van der Waals surface area contributed by atoms with E-state index in [1.54, 1.807) is 12.1 Å². The van der Waals surface area contributed by atoms with Gasteiger partial charge in [0.1, 0.15) is 5.75 Å². The molecule has 3 aromatic carbocycles. The van der Waals surface area contributed by atoms with Gasteiger partial charge in [0.2, 0.25) is 5.91 Å². The number of phenols is 1. The molecule has 4 N–H and O–H groups in total. The van der Waals surface area contributed by atoms with Crippen LogP contribution in [0.2, 0.25) is 0 Å². The molecule has 0 atom stereocenters. The Balaban J connectivity index is 1.16. The van der Waals surface area contributed by atoms with E-state index in [1.807, 2.05) is 42.5 Å². The second-order valence-corrected chi connectivity index (χ2v) is 8.22. The second kappa shape index (κ2) is 8.32. The summed E-state index contributed by atoms with van der Waals surface area (Å²) in [7, 11) is 0. The van der Waals surface area contributed by atoms with E-state index in [0.717, 1.165) is 59.1 Å². The molecule has 0 aliphatic carbocycles. The minimum absolute atomic E-state index is 0.0177. The Bertz CT molecular complexity index is 1210. The van der Waals surface area contributed by atoms with Crippen molar-refractivity contribution in [2.45, 2.75) is 18.9 Å². The zero-order valence-corrected chi connectivity index (χ0v) is 17.3. The summed E-state index contributed by atoms with van der Waals surface area (Å²) >= 11 is 0. The van der Waals surface area contributed by atoms with Gasteiger partial charge in [0.15, 0.2) is 0 Å². The molecule has 0 saturated carbocycles. The standard InChI is InChI=1S/C25H26N4O2/c30-20-8-5-17(6-9-20)26-18-11-13-29(14-12-18)16-25(31)27-19-7-10-24-22(15-19)21-3-1-2-4-23(21)28-24/h1-10,15,18,26,28,30H,11-14,16H2,(H,27,31). The number of carbonyl (C=O) groups is 1. The molecule has 1 fully saturated rings. The van der Waals surface area contributed by atoms with Crippen molar-refractivity contribution in [3.8, 4) is 5.75 Å². The van der Waals surface area contributed by atoms with Crippen LogP contribution in [0.4, 0.5) is 11.4 Å². The van der Waals surface area contributed by atoms with Crippen LogP contribution in [0, 0.1) is 0 Å². The number of phenolic OH excluding ortho intramolecular Hbond substituents is 1. The van der Waals surface area contributed by atoms with Gasteiger partial charge in [0.25, 0.3) is 0 Å². The lowest BCUT2D eigenvalue weighted by atomic mass is 10.0. The van der Waals surface area contributed by atoms with Crippen molar-refractivity contribution in [2.75, 3.05) is 30.3 Å². The highest BCUT2D eigenvalue weighted by Gasteiger charge is 2.21. The van der Waals surface area contributed by atoms with E-state index in [1.165, 1.54) is 0 Å². The van der Waals surface area contributed by atoms with Crippen molar-refractivity contribution in [3.63, 3.8) is 0 Å². The number of aromatic hydroxyl groups is 1. The summed E-state index contributed by atoms with van der Waals surface area (Å²) in [5, 5.41) is 18.3. The van der Waals surface area contributed by atoms with E-state index < -0.39 is 0 Å². The molecule has 1 amide bonds.